The zero-order valence-electron chi connectivity index (χ0n) is 30.8. The number of alkyl halides is 2. The van der Waals surface area contributed by atoms with E-state index in [0.717, 1.165) is 45.3 Å². The summed E-state index contributed by atoms with van der Waals surface area (Å²) in [7, 11) is 1.56. The van der Waals surface area contributed by atoms with Crippen molar-refractivity contribution in [3.8, 4) is 17.2 Å². The van der Waals surface area contributed by atoms with Crippen molar-refractivity contribution in [1.82, 2.24) is 15.2 Å². The van der Waals surface area contributed by atoms with E-state index in [9.17, 15) is 18.4 Å². The van der Waals surface area contributed by atoms with Crippen molar-refractivity contribution in [3.63, 3.8) is 0 Å². The molecule has 1 saturated carbocycles. The van der Waals surface area contributed by atoms with Gasteiger partial charge in [-0.25, -0.2) is 9.59 Å². The molecule has 3 saturated heterocycles. The van der Waals surface area contributed by atoms with Gasteiger partial charge in [0.2, 0.25) is 0 Å². The van der Waals surface area contributed by atoms with Gasteiger partial charge in [-0.1, -0.05) is 59.6 Å². The van der Waals surface area contributed by atoms with Crippen molar-refractivity contribution in [2.45, 2.75) is 63.5 Å². The maximum Gasteiger partial charge on any atom is 0.387 e. The summed E-state index contributed by atoms with van der Waals surface area (Å²) >= 11 is 13.0. The monoisotopic (exact) mass is 809 g/mol. The van der Waals surface area contributed by atoms with Gasteiger partial charge in [-0.05, 0) is 97.6 Å². The topological polar surface area (TPSA) is 108 Å². The first-order valence-electron chi connectivity index (χ1n) is 18.7. The Hall–Kier alpha value is -4.49. The second kappa shape index (κ2) is 18.2. The first-order valence-corrected chi connectivity index (χ1v) is 19.5. The fourth-order valence-electron chi connectivity index (χ4n) is 7.28. The zero-order chi connectivity index (χ0) is 39.2. The molecule has 14 heteroatoms. The maximum atomic E-state index is 13.9. The molecule has 4 fully saturated rings. The predicted molar refractivity (Wildman–Crippen MR) is 205 cm³/mol. The Morgan fingerprint density at radius 2 is 1.70 bits per heavy atom. The lowest BCUT2D eigenvalue weighted by Gasteiger charge is -2.44. The highest BCUT2D eigenvalue weighted by Crippen LogP contribution is 2.38. The normalized spacial score (nSPS) is 19.9. The van der Waals surface area contributed by atoms with Crippen LogP contribution in [0.5, 0.6) is 17.2 Å². The number of hydrogen-bond acceptors (Lipinski definition) is 10. The number of aromatic nitrogens is 1. The van der Waals surface area contributed by atoms with E-state index in [1.165, 1.54) is 30.6 Å². The molecule has 4 aromatic rings. The van der Waals surface area contributed by atoms with E-state index in [-0.39, 0.29) is 46.2 Å². The van der Waals surface area contributed by atoms with Gasteiger partial charge in [0.25, 0.3) is 0 Å². The molecular formula is C42H43Cl2F2N3O7. The standard InChI is InChI=1S/C42H43Cl2F2N3O7/c1-52-34-8-3-2-7-30(34)39(41(51)55-38-23-49-15-13-27(38)14-16-49)48-20-26-5-4-6-29(17-26)40(50)54-36(19-31-32(43)21-47-22-33(31)44)28-11-12-35(56-42(45)46)37(18-28)53-24-25-9-10-25/h2-8,11-12,17-18,21-22,25,27,36,38-39,42,48H,9-10,13-16,19-20,23-24H2,1H3/t36?,38-,39?/m0/s1. The summed E-state index contributed by atoms with van der Waals surface area (Å²) in [6.07, 6.45) is 5.76. The Morgan fingerprint density at radius 3 is 2.39 bits per heavy atom. The van der Waals surface area contributed by atoms with Crippen LogP contribution in [0.15, 0.2) is 79.1 Å². The molecule has 0 amide bonds. The number of fused-ring (bicyclic) bond motifs is 3. The van der Waals surface area contributed by atoms with Crippen LogP contribution in [0.4, 0.5) is 8.78 Å². The number of halogens is 4. The Balaban J connectivity index is 1.11. The number of piperidine rings is 3. The van der Waals surface area contributed by atoms with Crippen LogP contribution in [0.3, 0.4) is 0 Å². The number of pyridine rings is 1. The van der Waals surface area contributed by atoms with Crippen LogP contribution < -0.4 is 19.5 Å². The molecule has 3 atom stereocenters. The first kappa shape index (κ1) is 39.7. The van der Waals surface area contributed by atoms with Crippen LogP contribution in [0.25, 0.3) is 0 Å². The lowest BCUT2D eigenvalue weighted by Crippen LogP contribution is -2.52. The molecule has 1 aliphatic carbocycles. The lowest BCUT2D eigenvalue weighted by atomic mass is 9.86. The number of carbonyl (C=O) groups is 2. The first-order chi connectivity index (χ1) is 27.1. The number of carbonyl (C=O) groups excluding carboxylic acids is 2. The molecule has 4 aliphatic rings. The number of nitrogens with zero attached hydrogens (tertiary/aromatic N) is 2. The van der Waals surface area contributed by atoms with Crippen molar-refractivity contribution < 1.29 is 42.1 Å². The third-order valence-corrected chi connectivity index (χ3v) is 11.2. The molecule has 8 rings (SSSR count). The van der Waals surface area contributed by atoms with Crippen molar-refractivity contribution in [3.05, 3.63) is 117 Å². The molecule has 56 heavy (non-hydrogen) atoms. The quantitative estimate of drug-likeness (QED) is 0.105. The van der Waals surface area contributed by atoms with Crippen LogP contribution in [0, 0.1) is 11.8 Å². The van der Waals surface area contributed by atoms with Gasteiger partial charge in [0.15, 0.2) is 11.5 Å². The van der Waals surface area contributed by atoms with E-state index in [4.69, 9.17) is 46.9 Å². The molecular weight excluding hydrogens is 767 g/mol. The Morgan fingerprint density at radius 1 is 0.929 bits per heavy atom. The maximum absolute atomic E-state index is 13.9. The fourth-order valence-corrected chi connectivity index (χ4v) is 7.80. The number of nitrogens with one attached hydrogen (secondary N) is 1. The lowest BCUT2D eigenvalue weighted by molar-refractivity contribution is -0.161. The van der Waals surface area contributed by atoms with Crippen molar-refractivity contribution in [1.29, 1.82) is 0 Å². The molecule has 3 aliphatic heterocycles. The van der Waals surface area contributed by atoms with Gasteiger partial charge < -0.3 is 23.7 Å². The van der Waals surface area contributed by atoms with E-state index >= 15 is 0 Å². The highest BCUT2D eigenvalue weighted by molar-refractivity contribution is 6.35. The third-order valence-electron chi connectivity index (χ3n) is 10.5. The summed E-state index contributed by atoms with van der Waals surface area (Å²) in [4.78, 5) is 34.2. The minimum Gasteiger partial charge on any atom is -0.496 e. The minimum absolute atomic E-state index is 0.0482. The number of ether oxygens (including phenoxy) is 5. The van der Waals surface area contributed by atoms with E-state index in [2.05, 4.69) is 15.2 Å². The van der Waals surface area contributed by atoms with Crippen LogP contribution in [-0.4, -0.2) is 67.9 Å². The second-order valence-electron chi connectivity index (χ2n) is 14.4. The van der Waals surface area contributed by atoms with Crippen LogP contribution in [0.1, 0.15) is 70.4 Å². The Bertz CT molecular complexity index is 1990. The van der Waals surface area contributed by atoms with Gasteiger partial charge >= 0.3 is 18.6 Å². The van der Waals surface area contributed by atoms with E-state index < -0.39 is 30.7 Å². The van der Waals surface area contributed by atoms with E-state index in [0.29, 0.717) is 46.4 Å². The molecule has 4 heterocycles. The van der Waals surface area contributed by atoms with Gasteiger partial charge in [0.1, 0.15) is 24.0 Å². The smallest absolute Gasteiger partial charge is 0.387 e. The summed E-state index contributed by atoms with van der Waals surface area (Å²) in [6, 6.07) is 17.8. The summed E-state index contributed by atoms with van der Waals surface area (Å²) in [5.74, 6) is 0.138. The highest BCUT2D eigenvalue weighted by Gasteiger charge is 2.38. The fraction of sp³-hybridized carbons (Fsp3) is 0.405. The largest absolute Gasteiger partial charge is 0.496 e. The number of rotatable bonds is 17. The Kier molecular flexibility index (Phi) is 12.9. The molecule has 296 valence electrons. The summed E-state index contributed by atoms with van der Waals surface area (Å²) in [6.45, 7) is 0.257. The van der Waals surface area contributed by atoms with Gasteiger partial charge in [0.05, 0.1) is 29.3 Å². The molecule has 2 unspecified atom stereocenters. The number of benzene rings is 3. The third kappa shape index (κ3) is 9.90. The van der Waals surface area contributed by atoms with Gasteiger partial charge in [0, 0.05) is 37.5 Å². The highest BCUT2D eigenvalue weighted by atomic mass is 35.5. The van der Waals surface area contributed by atoms with Crippen molar-refractivity contribution in [2.75, 3.05) is 33.4 Å². The van der Waals surface area contributed by atoms with Gasteiger partial charge in [-0.15, -0.1) is 0 Å². The number of methoxy groups -OCH3 is 1. The van der Waals surface area contributed by atoms with Gasteiger partial charge in [-0.3, -0.25) is 15.2 Å². The molecule has 0 radical (unpaired) electrons. The molecule has 0 spiro atoms. The van der Waals surface area contributed by atoms with E-state index in [1.54, 1.807) is 31.4 Å². The van der Waals surface area contributed by atoms with Crippen LogP contribution in [-0.2, 0) is 27.2 Å². The summed E-state index contributed by atoms with van der Waals surface area (Å²) in [5.41, 5.74) is 2.52. The average molecular weight is 811 g/mol. The van der Waals surface area contributed by atoms with E-state index in [1.807, 2.05) is 24.3 Å². The molecule has 10 nitrogen and oxygen atoms in total. The Labute approximate surface area is 334 Å². The number of esters is 2. The van der Waals surface area contributed by atoms with Gasteiger partial charge in [-0.2, -0.15) is 8.78 Å². The van der Waals surface area contributed by atoms with Crippen LogP contribution in [0.2, 0.25) is 10.0 Å². The molecule has 3 aromatic carbocycles. The average Bonchev–Trinajstić information content (AvgIpc) is 4.04. The summed E-state index contributed by atoms with van der Waals surface area (Å²) < 4.78 is 55.2. The molecule has 1 aromatic heterocycles. The SMILES string of the molecule is COc1ccccc1C(NCc1cccc(C(=O)OC(Cc2c(Cl)cncc2Cl)c2ccc(OC(F)F)c(OCC3CC3)c2)c1)C(=O)O[C@H]1CN2CCC1CC2. The second-order valence-corrected chi connectivity index (χ2v) is 15.2. The minimum atomic E-state index is -3.06. The predicted octanol–water partition coefficient (Wildman–Crippen LogP) is 8.40. The molecule has 1 N–H and O–H groups in total. The number of para-hydroxylation sites is 1. The van der Waals surface area contributed by atoms with Crippen molar-refractivity contribution in [2.24, 2.45) is 11.8 Å². The van der Waals surface area contributed by atoms with Crippen molar-refractivity contribution >= 4 is 35.1 Å². The zero-order valence-corrected chi connectivity index (χ0v) is 32.3. The number of hydrogen-bond donors (Lipinski definition) is 1. The molecule has 2 bridgehead atoms. The summed E-state index contributed by atoms with van der Waals surface area (Å²) in [5, 5.41) is 3.89. The van der Waals surface area contributed by atoms with Crippen LogP contribution >= 0.6 is 23.2 Å².